The summed E-state index contributed by atoms with van der Waals surface area (Å²) in [6.45, 7) is 0.673. The molecule has 0 aliphatic rings. The van der Waals surface area contributed by atoms with E-state index in [1.54, 1.807) is 11.0 Å². The van der Waals surface area contributed by atoms with Crippen molar-refractivity contribution in [2.24, 2.45) is 7.05 Å². The fourth-order valence-corrected chi connectivity index (χ4v) is 1.51. The van der Waals surface area contributed by atoms with Gasteiger partial charge in [0, 0.05) is 13.2 Å². The van der Waals surface area contributed by atoms with E-state index in [0.717, 1.165) is 10.2 Å². The summed E-state index contributed by atoms with van der Waals surface area (Å²) in [5.41, 5.74) is 6.69. The molecule has 14 heavy (non-hydrogen) atoms. The van der Waals surface area contributed by atoms with Crippen molar-refractivity contribution >= 4 is 21.7 Å². The Morgan fingerprint density at radius 3 is 2.86 bits per heavy atom. The van der Waals surface area contributed by atoms with Crippen LogP contribution in [0.1, 0.15) is 5.69 Å². The predicted octanol–water partition coefficient (Wildman–Crippen LogP) is 1.01. The van der Waals surface area contributed by atoms with Crippen LogP contribution in [-0.4, -0.2) is 19.3 Å². The summed E-state index contributed by atoms with van der Waals surface area (Å²) in [7, 11) is 1.95. The maximum Gasteiger partial charge on any atom is 0.159 e. The van der Waals surface area contributed by atoms with Gasteiger partial charge in [0.25, 0.3) is 0 Å². The Kier molecular flexibility index (Phi) is 2.28. The molecule has 2 N–H and O–H groups in total. The van der Waals surface area contributed by atoms with E-state index in [4.69, 9.17) is 5.73 Å². The van der Waals surface area contributed by atoms with Gasteiger partial charge >= 0.3 is 0 Å². The second-order valence-electron chi connectivity index (χ2n) is 3.06. The van der Waals surface area contributed by atoms with Crippen LogP contribution in [-0.2, 0) is 13.6 Å². The first-order chi connectivity index (χ1) is 6.66. The van der Waals surface area contributed by atoms with Crippen LogP contribution in [0.3, 0.4) is 0 Å². The van der Waals surface area contributed by atoms with Gasteiger partial charge in [-0.3, -0.25) is 4.68 Å². The fraction of sp³-hybridized carbons (Fsp3) is 0.250. The van der Waals surface area contributed by atoms with Crippen LogP contribution in [0.5, 0.6) is 0 Å². The van der Waals surface area contributed by atoms with E-state index < -0.39 is 0 Å². The van der Waals surface area contributed by atoms with Crippen molar-refractivity contribution < 1.29 is 0 Å². The van der Waals surface area contributed by atoms with E-state index in [-0.39, 0.29) is 0 Å². The van der Waals surface area contributed by atoms with Gasteiger partial charge in [-0.05, 0) is 15.9 Å². The summed E-state index contributed by atoms with van der Waals surface area (Å²) in [5.74, 6) is 0.507. The lowest BCUT2D eigenvalue weighted by atomic mass is 10.5. The van der Waals surface area contributed by atoms with Crippen molar-refractivity contribution in [2.45, 2.75) is 6.54 Å². The molecule has 0 amide bonds. The summed E-state index contributed by atoms with van der Waals surface area (Å²) in [6.07, 6.45) is 5.42. The number of aromatic nitrogens is 4. The third kappa shape index (κ3) is 1.65. The Balaban J connectivity index is 2.23. The summed E-state index contributed by atoms with van der Waals surface area (Å²) < 4.78 is 4.54. The van der Waals surface area contributed by atoms with E-state index in [2.05, 4.69) is 26.0 Å². The normalized spacial score (nSPS) is 10.7. The van der Waals surface area contributed by atoms with Gasteiger partial charge in [0.1, 0.15) is 0 Å². The lowest BCUT2D eigenvalue weighted by molar-refractivity contribution is 0.650. The number of nitrogens with two attached hydrogens (primary N) is 1. The van der Waals surface area contributed by atoms with Gasteiger partial charge in [0.05, 0.1) is 29.2 Å². The van der Waals surface area contributed by atoms with Gasteiger partial charge in [-0.15, -0.1) is 0 Å². The second kappa shape index (κ2) is 3.45. The molecule has 2 aromatic rings. The highest BCUT2D eigenvalue weighted by Gasteiger charge is 2.04. The van der Waals surface area contributed by atoms with Gasteiger partial charge in [-0.1, -0.05) is 0 Å². The van der Waals surface area contributed by atoms with Crippen molar-refractivity contribution in [1.82, 2.24) is 19.3 Å². The molecule has 0 saturated carbocycles. The molecule has 6 heteroatoms. The molecule has 2 rings (SSSR count). The SMILES string of the molecule is Cn1cncc1Cn1cc(Br)c(N)n1. The molecule has 0 unspecified atom stereocenters. The van der Waals surface area contributed by atoms with Crippen molar-refractivity contribution in [1.29, 1.82) is 0 Å². The Hall–Kier alpha value is -1.30. The fourth-order valence-electron chi connectivity index (χ4n) is 1.20. The minimum absolute atomic E-state index is 0.507. The molecule has 5 nitrogen and oxygen atoms in total. The topological polar surface area (TPSA) is 61.7 Å². The smallest absolute Gasteiger partial charge is 0.159 e. The monoisotopic (exact) mass is 255 g/mol. The molecule has 0 atom stereocenters. The molecule has 0 aliphatic heterocycles. The van der Waals surface area contributed by atoms with Crippen LogP contribution < -0.4 is 5.73 Å². The van der Waals surface area contributed by atoms with Crippen LogP contribution in [0.25, 0.3) is 0 Å². The Labute approximate surface area is 89.7 Å². The molecule has 0 radical (unpaired) electrons. The standard InChI is InChI=1S/C8H10BrN5/c1-13-5-11-2-6(13)3-14-4-7(9)8(10)12-14/h2,4-5H,3H2,1H3,(H2,10,12). The van der Waals surface area contributed by atoms with E-state index in [9.17, 15) is 0 Å². The molecule has 2 heterocycles. The Bertz CT molecular complexity index is 425. The number of nitrogen functional groups attached to an aromatic ring is 1. The lowest BCUT2D eigenvalue weighted by Crippen LogP contribution is -2.04. The van der Waals surface area contributed by atoms with Crippen LogP contribution in [0.15, 0.2) is 23.2 Å². The molecule has 2 aromatic heterocycles. The van der Waals surface area contributed by atoms with Gasteiger partial charge in [-0.25, -0.2) is 4.98 Å². The minimum atomic E-state index is 0.507. The van der Waals surface area contributed by atoms with E-state index in [1.807, 2.05) is 24.0 Å². The van der Waals surface area contributed by atoms with E-state index in [1.165, 1.54) is 0 Å². The van der Waals surface area contributed by atoms with Gasteiger partial charge in [0.15, 0.2) is 5.82 Å². The summed E-state index contributed by atoms with van der Waals surface area (Å²) >= 11 is 3.31. The highest BCUT2D eigenvalue weighted by molar-refractivity contribution is 9.10. The van der Waals surface area contributed by atoms with Crippen LogP contribution in [0.2, 0.25) is 0 Å². The largest absolute Gasteiger partial charge is 0.381 e. The minimum Gasteiger partial charge on any atom is -0.381 e. The average molecular weight is 256 g/mol. The van der Waals surface area contributed by atoms with Gasteiger partial charge in [-0.2, -0.15) is 5.10 Å². The number of halogens is 1. The van der Waals surface area contributed by atoms with E-state index >= 15 is 0 Å². The van der Waals surface area contributed by atoms with E-state index in [0.29, 0.717) is 12.4 Å². The van der Waals surface area contributed by atoms with Crippen LogP contribution in [0.4, 0.5) is 5.82 Å². The summed E-state index contributed by atoms with van der Waals surface area (Å²) in [4.78, 5) is 4.03. The molecular formula is C8H10BrN5. The highest BCUT2D eigenvalue weighted by Crippen LogP contribution is 2.16. The average Bonchev–Trinajstić information content (AvgIpc) is 2.63. The summed E-state index contributed by atoms with van der Waals surface area (Å²) in [6, 6.07) is 0. The number of hydrogen-bond acceptors (Lipinski definition) is 3. The van der Waals surface area contributed by atoms with Gasteiger partial charge in [0.2, 0.25) is 0 Å². The first-order valence-electron chi connectivity index (χ1n) is 4.10. The van der Waals surface area contributed by atoms with Gasteiger partial charge < -0.3 is 10.3 Å². The number of rotatable bonds is 2. The zero-order chi connectivity index (χ0) is 10.1. The molecule has 0 fully saturated rings. The Morgan fingerprint density at radius 1 is 1.57 bits per heavy atom. The molecular weight excluding hydrogens is 246 g/mol. The van der Waals surface area contributed by atoms with Crippen molar-refractivity contribution in [2.75, 3.05) is 5.73 Å². The zero-order valence-corrected chi connectivity index (χ0v) is 9.27. The zero-order valence-electron chi connectivity index (χ0n) is 7.68. The molecule has 0 aliphatic carbocycles. The van der Waals surface area contributed by atoms with Crippen LogP contribution >= 0.6 is 15.9 Å². The van der Waals surface area contributed by atoms with Crippen LogP contribution in [0, 0.1) is 0 Å². The first kappa shape index (κ1) is 9.26. The molecule has 0 bridgehead atoms. The lowest BCUT2D eigenvalue weighted by Gasteiger charge is -2.01. The maximum absolute atomic E-state index is 5.61. The number of nitrogens with zero attached hydrogens (tertiary/aromatic N) is 4. The molecule has 74 valence electrons. The highest BCUT2D eigenvalue weighted by atomic mass is 79.9. The maximum atomic E-state index is 5.61. The van der Waals surface area contributed by atoms with Crippen molar-refractivity contribution in [3.8, 4) is 0 Å². The number of hydrogen-bond donors (Lipinski definition) is 1. The third-order valence-corrected chi connectivity index (χ3v) is 2.59. The number of imidazole rings is 1. The number of aryl methyl sites for hydroxylation is 1. The molecule has 0 spiro atoms. The van der Waals surface area contributed by atoms with Crippen molar-refractivity contribution in [3.05, 3.63) is 28.9 Å². The number of anilines is 1. The molecule has 0 aromatic carbocycles. The third-order valence-electron chi connectivity index (χ3n) is 1.98. The van der Waals surface area contributed by atoms with Crippen molar-refractivity contribution in [3.63, 3.8) is 0 Å². The second-order valence-corrected chi connectivity index (χ2v) is 3.91. The predicted molar refractivity (Wildman–Crippen MR) is 56.6 cm³/mol. The Morgan fingerprint density at radius 2 is 2.36 bits per heavy atom. The first-order valence-corrected chi connectivity index (χ1v) is 4.90. The quantitative estimate of drug-likeness (QED) is 0.872. The summed E-state index contributed by atoms with van der Waals surface area (Å²) in [5, 5.41) is 4.13. The molecule has 0 saturated heterocycles.